The zero-order valence-electron chi connectivity index (χ0n) is 17.6. The van der Waals surface area contributed by atoms with Crippen LogP contribution >= 0.6 is 0 Å². The number of carbonyl (C=O) groups excluding carboxylic acids is 1. The summed E-state index contributed by atoms with van der Waals surface area (Å²) in [5.41, 5.74) is 2.63. The molecule has 0 radical (unpaired) electrons. The predicted molar refractivity (Wildman–Crippen MR) is 116 cm³/mol. The Hall–Kier alpha value is -3.13. The SMILES string of the molecule is Cc1ccc(NS(=O)(=O)c2ccc(C(=O)Nc3cc(C(C)(C)C)on3)cc2)cc1C. The first-order valence-corrected chi connectivity index (χ1v) is 10.9. The van der Waals surface area contributed by atoms with Crippen molar-refractivity contribution in [3.05, 3.63) is 71.0 Å². The van der Waals surface area contributed by atoms with Crippen LogP contribution in [0.2, 0.25) is 0 Å². The van der Waals surface area contributed by atoms with Crippen LogP contribution in [0, 0.1) is 13.8 Å². The number of aromatic nitrogens is 1. The summed E-state index contributed by atoms with van der Waals surface area (Å²) >= 11 is 0. The molecule has 0 aliphatic rings. The van der Waals surface area contributed by atoms with Gasteiger partial charge in [0.2, 0.25) is 0 Å². The van der Waals surface area contributed by atoms with Crippen LogP contribution in [0.4, 0.5) is 11.5 Å². The Morgan fingerprint density at radius 2 is 1.63 bits per heavy atom. The minimum Gasteiger partial charge on any atom is -0.359 e. The minimum atomic E-state index is -3.77. The Labute approximate surface area is 176 Å². The van der Waals surface area contributed by atoms with Gasteiger partial charge in [-0.1, -0.05) is 32.0 Å². The number of hydrogen-bond donors (Lipinski definition) is 2. The molecule has 0 saturated carbocycles. The summed E-state index contributed by atoms with van der Waals surface area (Å²) < 4.78 is 33.1. The summed E-state index contributed by atoms with van der Waals surface area (Å²) in [4.78, 5) is 12.5. The van der Waals surface area contributed by atoms with Crippen molar-refractivity contribution >= 4 is 27.4 Å². The number of nitrogens with one attached hydrogen (secondary N) is 2. The van der Waals surface area contributed by atoms with Crippen LogP contribution in [0.5, 0.6) is 0 Å². The standard InChI is InChI=1S/C22H25N3O4S/c1-14-6-9-17(12-15(14)2)25-30(27,28)18-10-7-16(8-11-18)21(26)23-20-13-19(29-24-20)22(3,4)5/h6-13,25H,1-5H3,(H,23,24,26). The number of anilines is 2. The number of hydrogen-bond acceptors (Lipinski definition) is 5. The molecule has 0 bridgehead atoms. The van der Waals surface area contributed by atoms with E-state index in [1.807, 2.05) is 40.7 Å². The molecule has 7 nitrogen and oxygen atoms in total. The molecule has 0 unspecified atom stereocenters. The third-order valence-corrected chi connectivity index (χ3v) is 6.07. The monoisotopic (exact) mass is 427 g/mol. The van der Waals surface area contributed by atoms with Crippen molar-refractivity contribution in [2.24, 2.45) is 0 Å². The average Bonchev–Trinajstić information content (AvgIpc) is 3.13. The smallest absolute Gasteiger partial charge is 0.261 e. The maximum Gasteiger partial charge on any atom is 0.261 e. The third kappa shape index (κ3) is 4.88. The summed E-state index contributed by atoms with van der Waals surface area (Å²) in [7, 11) is -3.77. The van der Waals surface area contributed by atoms with Gasteiger partial charge in [-0.3, -0.25) is 9.52 Å². The highest BCUT2D eigenvalue weighted by molar-refractivity contribution is 7.92. The average molecular weight is 428 g/mol. The molecular formula is C22H25N3O4S. The second kappa shape index (κ2) is 7.95. The van der Waals surface area contributed by atoms with Crippen LogP contribution in [0.25, 0.3) is 0 Å². The Kier molecular flexibility index (Phi) is 5.72. The maximum atomic E-state index is 12.6. The minimum absolute atomic E-state index is 0.0636. The number of carbonyl (C=O) groups is 1. The van der Waals surface area contributed by atoms with Crippen molar-refractivity contribution in [2.45, 2.75) is 44.9 Å². The van der Waals surface area contributed by atoms with Crippen molar-refractivity contribution in [1.29, 1.82) is 0 Å². The number of rotatable bonds is 5. The molecule has 0 spiro atoms. The number of amides is 1. The first-order chi connectivity index (χ1) is 14.0. The lowest BCUT2D eigenvalue weighted by Crippen LogP contribution is -2.15. The van der Waals surface area contributed by atoms with Crippen molar-refractivity contribution in [3.8, 4) is 0 Å². The molecular weight excluding hydrogens is 402 g/mol. The van der Waals surface area contributed by atoms with Crippen LogP contribution in [-0.2, 0) is 15.4 Å². The Balaban J connectivity index is 1.72. The van der Waals surface area contributed by atoms with E-state index in [1.54, 1.807) is 18.2 Å². The lowest BCUT2D eigenvalue weighted by molar-refractivity contribution is 0.102. The number of aryl methyl sites for hydroxylation is 2. The topological polar surface area (TPSA) is 101 Å². The van der Waals surface area contributed by atoms with Crippen molar-refractivity contribution in [2.75, 3.05) is 10.0 Å². The fraction of sp³-hybridized carbons (Fsp3) is 0.273. The summed E-state index contributed by atoms with van der Waals surface area (Å²) in [6.45, 7) is 9.80. The van der Waals surface area contributed by atoms with E-state index >= 15 is 0 Å². The highest BCUT2D eigenvalue weighted by Gasteiger charge is 2.21. The predicted octanol–water partition coefficient (Wildman–Crippen LogP) is 4.64. The zero-order valence-corrected chi connectivity index (χ0v) is 18.4. The van der Waals surface area contributed by atoms with E-state index in [9.17, 15) is 13.2 Å². The van der Waals surface area contributed by atoms with E-state index in [-0.39, 0.29) is 10.3 Å². The molecule has 3 aromatic rings. The van der Waals surface area contributed by atoms with Gasteiger partial charge in [0, 0.05) is 22.7 Å². The molecule has 2 N–H and O–H groups in total. The molecule has 0 saturated heterocycles. The van der Waals surface area contributed by atoms with E-state index < -0.39 is 15.9 Å². The molecule has 158 valence electrons. The Morgan fingerprint density at radius 1 is 0.967 bits per heavy atom. The van der Waals surface area contributed by atoms with Crippen molar-refractivity contribution < 1.29 is 17.7 Å². The molecule has 8 heteroatoms. The summed E-state index contributed by atoms with van der Waals surface area (Å²) in [6.07, 6.45) is 0. The highest BCUT2D eigenvalue weighted by atomic mass is 32.2. The van der Waals surface area contributed by atoms with Crippen LogP contribution in [0.3, 0.4) is 0 Å². The van der Waals surface area contributed by atoms with Gasteiger partial charge < -0.3 is 9.84 Å². The molecule has 0 atom stereocenters. The van der Waals surface area contributed by atoms with Crippen LogP contribution in [-0.4, -0.2) is 19.5 Å². The molecule has 2 aromatic carbocycles. The third-order valence-electron chi connectivity index (χ3n) is 4.68. The van der Waals surface area contributed by atoms with E-state index in [4.69, 9.17) is 4.52 Å². The maximum absolute atomic E-state index is 12.6. The first-order valence-electron chi connectivity index (χ1n) is 9.44. The quantitative estimate of drug-likeness (QED) is 0.618. The number of benzene rings is 2. The summed E-state index contributed by atoms with van der Waals surface area (Å²) in [5.74, 6) is 0.546. The van der Waals surface area contributed by atoms with E-state index in [2.05, 4.69) is 15.2 Å². The molecule has 1 heterocycles. The fourth-order valence-electron chi connectivity index (χ4n) is 2.68. The van der Waals surface area contributed by atoms with Gasteiger partial charge in [0.1, 0.15) is 5.76 Å². The van der Waals surface area contributed by atoms with Gasteiger partial charge in [-0.25, -0.2) is 8.42 Å². The molecule has 3 rings (SSSR count). The van der Waals surface area contributed by atoms with Gasteiger partial charge in [-0.05, 0) is 61.4 Å². The summed E-state index contributed by atoms with van der Waals surface area (Å²) in [6, 6.07) is 12.7. The van der Waals surface area contributed by atoms with Gasteiger partial charge in [0.25, 0.3) is 15.9 Å². The molecule has 0 aliphatic carbocycles. The largest absolute Gasteiger partial charge is 0.359 e. The lowest BCUT2D eigenvalue weighted by Gasteiger charge is -2.12. The van der Waals surface area contributed by atoms with Gasteiger partial charge in [0.05, 0.1) is 4.90 Å². The van der Waals surface area contributed by atoms with Crippen LogP contribution < -0.4 is 10.0 Å². The van der Waals surface area contributed by atoms with E-state index in [0.29, 0.717) is 22.8 Å². The van der Waals surface area contributed by atoms with Gasteiger partial charge in [-0.15, -0.1) is 0 Å². The highest BCUT2D eigenvalue weighted by Crippen LogP contribution is 2.25. The van der Waals surface area contributed by atoms with Crippen molar-refractivity contribution in [1.82, 2.24) is 5.16 Å². The van der Waals surface area contributed by atoms with Gasteiger partial charge in [-0.2, -0.15) is 0 Å². The molecule has 1 amide bonds. The molecule has 30 heavy (non-hydrogen) atoms. The number of nitrogens with zero attached hydrogens (tertiary/aromatic N) is 1. The zero-order chi connectivity index (χ0) is 22.1. The fourth-order valence-corrected chi connectivity index (χ4v) is 3.73. The van der Waals surface area contributed by atoms with Crippen molar-refractivity contribution in [3.63, 3.8) is 0 Å². The second-order valence-electron chi connectivity index (χ2n) is 8.21. The Bertz CT molecular complexity index is 1170. The lowest BCUT2D eigenvalue weighted by atomic mass is 9.93. The van der Waals surface area contributed by atoms with Gasteiger partial charge in [0.15, 0.2) is 5.82 Å². The normalized spacial score (nSPS) is 11.9. The Morgan fingerprint density at radius 3 is 2.20 bits per heavy atom. The second-order valence-corrected chi connectivity index (χ2v) is 9.89. The number of sulfonamides is 1. The van der Waals surface area contributed by atoms with Crippen LogP contribution in [0.15, 0.2) is 57.9 Å². The first kappa shape index (κ1) is 21.6. The van der Waals surface area contributed by atoms with Crippen LogP contribution in [0.1, 0.15) is 48.0 Å². The summed E-state index contributed by atoms with van der Waals surface area (Å²) in [5, 5.41) is 6.50. The molecule has 1 aromatic heterocycles. The molecule has 0 aliphatic heterocycles. The van der Waals surface area contributed by atoms with E-state index in [0.717, 1.165) is 11.1 Å². The molecule has 0 fully saturated rings. The van der Waals surface area contributed by atoms with Gasteiger partial charge >= 0.3 is 0 Å². The van der Waals surface area contributed by atoms with E-state index in [1.165, 1.54) is 24.3 Å².